The fourth-order valence-corrected chi connectivity index (χ4v) is 2.60. The van der Waals surface area contributed by atoms with Gasteiger partial charge in [-0.3, -0.25) is 0 Å². The first kappa shape index (κ1) is 15.1. The molecule has 0 saturated carbocycles. The first-order chi connectivity index (χ1) is 9.35. The zero-order chi connectivity index (χ0) is 14.8. The number of amides is 1. The maximum Gasteiger partial charge on any atom is 0.410 e. The summed E-state index contributed by atoms with van der Waals surface area (Å²) < 4.78 is 5.43. The number of carbonyl (C=O) groups is 1. The maximum absolute atomic E-state index is 12.1. The van der Waals surface area contributed by atoms with Gasteiger partial charge in [0.2, 0.25) is 0 Å². The van der Waals surface area contributed by atoms with Gasteiger partial charge < -0.3 is 9.64 Å². The van der Waals surface area contributed by atoms with Crippen molar-refractivity contribution in [3.8, 4) is 0 Å². The molecular weight excluding hydrogens is 276 g/mol. The molecule has 0 bridgehead atoms. The third-order valence-corrected chi connectivity index (χ3v) is 3.50. The molecule has 1 atom stereocenters. The van der Waals surface area contributed by atoms with Crippen LogP contribution in [0.3, 0.4) is 0 Å². The van der Waals surface area contributed by atoms with Crippen molar-refractivity contribution in [1.29, 1.82) is 0 Å². The highest BCUT2D eigenvalue weighted by Gasteiger charge is 2.28. The van der Waals surface area contributed by atoms with Crippen LogP contribution in [0.4, 0.5) is 4.79 Å². The molecule has 1 aromatic rings. The van der Waals surface area contributed by atoms with Gasteiger partial charge in [0.25, 0.3) is 0 Å². The zero-order valence-electron chi connectivity index (χ0n) is 12.2. The van der Waals surface area contributed by atoms with Crippen molar-refractivity contribution in [1.82, 2.24) is 9.88 Å². The number of aromatic nitrogens is 1. The quantitative estimate of drug-likeness (QED) is 0.739. The lowest BCUT2D eigenvalue weighted by atomic mass is 9.91. The second-order valence-corrected chi connectivity index (χ2v) is 6.56. The van der Waals surface area contributed by atoms with Crippen molar-refractivity contribution < 1.29 is 9.53 Å². The lowest BCUT2D eigenvalue weighted by Gasteiger charge is -2.34. The van der Waals surface area contributed by atoms with Crippen molar-refractivity contribution in [2.75, 3.05) is 13.1 Å². The number of carbonyl (C=O) groups excluding carboxylic acids is 1. The Morgan fingerprint density at radius 1 is 1.50 bits per heavy atom. The molecule has 0 aromatic carbocycles. The molecule has 0 N–H and O–H groups in total. The minimum absolute atomic E-state index is 0.234. The molecule has 2 rings (SSSR count). The number of halogens is 1. The van der Waals surface area contributed by atoms with E-state index in [1.165, 1.54) is 0 Å². The molecule has 0 unspecified atom stereocenters. The van der Waals surface area contributed by atoms with Crippen LogP contribution in [0.5, 0.6) is 0 Å². The number of hydrogen-bond acceptors (Lipinski definition) is 3. The van der Waals surface area contributed by atoms with Crippen molar-refractivity contribution in [3.05, 3.63) is 29.0 Å². The third-order valence-electron chi connectivity index (χ3n) is 3.30. The average Bonchev–Trinajstić information content (AvgIpc) is 2.37. The van der Waals surface area contributed by atoms with E-state index in [-0.39, 0.29) is 6.09 Å². The smallest absolute Gasteiger partial charge is 0.410 e. The predicted octanol–water partition coefficient (Wildman–Crippen LogP) is 3.85. The summed E-state index contributed by atoms with van der Waals surface area (Å²) >= 11 is 5.93. The van der Waals surface area contributed by atoms with E-state index in [1.54, 1.807) is 11.1 Å². The van der Waals surface area contributed by atoms with Crippen LogP contribution in [-0.4, -0.2) is 34.7 Å². The molecule has 1 amide bonds. The van der Waals surface area contributed by atoms with E-state index in [0.29, 0.717) is 17.6 Å². The highest BCUT2D eigenvalue weighted by Crippen LogP contribution is 2.28. The van der Waals surface area contributed by atoms with Crippen LogP contribution in [-0.2, 0) is 4.74 Å². The summed E-state index contributed by atoms with van der Waals surface area (Å²) in [5.74, 6) is 0.303. The van der Waals surface area contributed by atoms with E-state index in [9.17, 15) is 4.79 Å². The Hall–Kier alpha value is -1.29. The van der Waals surface area contributed by atoms with Crippen LogP contribution >= 0.6 is 11.6 Å². The molecule has 1 fully saturated rings. The highest BCUT2D eigenvalue weighted by molar-refractivity contribution is 6.29. The zero-order valence-corrected chi connectivity index (χ0v) is 13.0. The first-order valence-electron chi connectivity index (χ1n) is 6.94. The van der Waals surface area contributed by atoms with Crippen LogP contribution in [0.15, 0.2) is 18.3 Å². The largest absolute Gasteiger partial charge is 0.444 e. The highest BCUT2D eigenvalue weighted by atomic mass is 35.5. The summed E-state index contributed by atoms with van der Waals surface area (Å²) in [4.78, 5) is 17.9. The molecule has 1 aromatic heterocycles. The van der Waals surface area contributed by atoms with Gasteiger partial charge in [-0.25, -0.2) is 9.78 Å². The van der Waals surface area contributed by atoms with Crippen LogP contribution < -0.4 is 0 Å². The van der Waals surface area contributed by atoms with Crippen molar-refractivity contribution in [2.24, 2.45) is 0 Å². The van der Waals surface area contributed by atoms with Gasteiger partial charge in [0.05, 0.1) is 0 Å². The van der Waals surface area contributed by atoms with Gasteiger partial charge in [-0.15, -0.1) is 0 Å². The third kappa shape index (κ3) is 4.10. The summed E-state index contributed by atoms with van der Waals surface area (Å²) in [5, 5.41) is 0.497. The number of rotatable bonds is 1. The number of piperidine rings is 1. The number of ether oxygens (including phenoxy) is 1. The molecule has 0 spiro atoms. The summed E-state index contributed by atoms with van der Waals surface area (Å²) in [6, 6.07) is 3.85. The molecule has 1 aliphatic rings. The van der Waals surface area contributed by atoms with E-state index >= 15 is 0 Å². The Balaban J connectivity index is 2.03. The maximum atomic E-state index is 12.1. The van der Waals surface area contributed by atoms with Gasteiger partial charge in [-0.05, 0) is 51.3 Å². The van der Waals surface area contributed by atoms with Crippen LogP contribution in [0.1, 0.15) is 45.1 Å². The fourth-order valence-electron chi connectivity index (χ4n) is 2.41. The second kappa shape index (κ2) is 6.00. The summed E-state index contributed by atoms with van der Waals surface area (Å²) in [5.41, 5.74) is 0.683. The number of pyridine rings is 1. The molecule has 1 saturated heterocycles. The van der Waals surface area contributed by atoms with Gasteiger partial charge in [-0.2, -0.15) is 0 Å². The minimum Gasteiger partial charge on any atom is -0.444 e. The average molecular weight is 297 g/mol. The minimum atomic E-state index is -0.454. The molecule has 0 aliphatic carbocycles. The van der Waals surface area contributed by atoms with Gasteiger partial charge in [0.1, 0.15) is 10.8 Å². The fraction of sp³-hybridized carbons (Fsp3) is 0.600. The van der Waals surface area contributed by atoms with E-state index in [4.69, 9.17) is 16.3 Å². The Morgan fingerprint density at radius 2 is 2.25 bits per heavy atom. The molecule has 110 valence electrons. The lowest BCUT2D eigenvalue weighted by Crippen LogP contribution is -2.42. The Bertz CT molecular complexity index is 485. The summed E-state index contributed by atoms with van der Waals surface area (Å²) in [6.45, 7) is 7.08. The summed E-state index contributed by atoms with van der Waals surface area (Å²) in [6.07, 6.45) is 3.51. The molecule has 5 heteroatoms. The molecular formula is C15H21ClN2O2. The van der Waals surface area contributed by atoms with E-state index in [0.717, 1.165) is 24.9 Å². The van der Waals surface area contributed by atoms with Crippen LogP contribution in [0, 0.1) is 0 Å². The van der Waals surface area contributed by atoms with Crippen LogP contribution in [0.2, 0.25) is 5.15 Å². The van der Waals surface area contributed by atoms with Gasteiger partial charge in [-0.1, -0.05) is 11.6 Å². The predicted molar refractivity (Wildman–Crippen MR) is 79.0 cm³/mol. The van der Waals surface area contributed by atoms with Crippen molar-refractivity contribution >= 4 is 17.7 Å². The van der Waals surface area contributed by atoms with Crippen molar-refractivity contribution in [2.45, 2.75) is 45.1 Å². The molecule has 1 aliphatic heterocycles. The van der Waals surface area contributed by atoms with E-state index in [2.05, 4.69) is 4.98 Å². The molecule has 4 nitrogen and oxygen atoms in total. The molecule has 20 heavy (non-hydrogen) atoms. The van der Waals surface area contributed by atoms with Crippen molar-refractivity contribution in [3.63, 3.8) is 0 Å². The standard InChI is InChI=1S/C15H21ClN2O2/c1-15(2,3)20-14(19)18-8-4-5-12(10-18)11-6-7-17-13(16)9-11/h6-7,9,12H,4-5,8,10H2,1-3H3/t12-/m0/s1. The lowest BCUT2D eigenvalue weighted by molar-refractivity contribution is 0.0198. The van der Waals surface area contributed by atoms with Gasteiger partial charge in [0, 0.05) is 25.2 Å². The SMILES string of the molecule is CC(C)(C)OC(=O)N1CCC[C@H](c2ccnc(Cl)c2)C1. The summed E-state index contributed by atoms with van der Waals surface area (Å²) in [7, 11) is 0. The Kier molecular flexibility index (Phi) is 4.53. The van der Waals surface area contributed by atoms with E-state index in [1.807, 2.05) is 32.9 Å². The first-order valence-corrected chi connectivity index (χ1v) is 7.32. The van der Waals surface area contributed by atoms with Crippen LogP contribution in [0.25, 0.3) is 0 Å². The monoisotopic (exact) mass is 296 g/mol. The number of likely N-dealkylation sites (tertiary alicyclic amines) is 1. The van der Waals surface area contributed by atoms with E-state index < -0.39 is 5.60 Å². The van der Waals surface area contributed by atoms with Gasteiger partial charge in [0.15, 0.2) is 0 Å². The topological polar surface area (TPSA) is 42.4 Å². The normalized spacial score (nSPS) is 19.8. The van der Waals surface area contributed by atoms with Gasteiger partial charge >= 0.3 is 6.09 Å². The molecule has 0 radical (unpaired) electrons. The number of hydrogen-bond donors (Lipinski definition) is 0. The Morgan fingerprint density at radius 3 is 2.90 bits per heavy atom. The Labute approximate surface area is 125 Å². The second-order valence-electron chi connectivity index (χ2n) is 6.18. The molecule has 2 heterocycles. The number of nitrogens with zero attached hydrogens (tertiary/aromatic N) is 2.